The molecule has 0 aliphatic heterocycles. The molecule has 5 rings (SSSR count). The molecule has 0 bridgehead atoms. The van der Waals surface area contributed by atoms with Crippen LogP contribution >= 0.6 is 23.4 Å². The van der Waals surface area contributed by atoms with Gasteiger partial charge in [-0.15, -0.1) is 11.8 Å². The predicted molar refractivity (Wildman–Crippen MR) is 192 cm³/mol. The molecule has 48 heavy (non-hydrogen) atoms. The molecule has 0 aliphatic carbocycles. The highest BCUT2D eigenvalue weighted by Gasteiger charge is 2.23. The number of methoxy groups -OCH3 is 2. The number of hydrogen-bond donors (Lipinski definition) is 3. The van der Waals surface area contributed by atoms with Gasteiger partial charge < -0.3 is 25.4 Å². The molecule has 5 aromatic carbocycles. The van der Waals surface area contributed by atoms with Crippen LogP contribution in [0.3, 0.4) is 0 Å². The summed E-state index contributed by atoms with van der Waals surface area (Å²) in [5.41, 5.74) is 2.75. The lowest BCUT2D eigenvalue weighted by Gasteiger charge is -2.18. The molecule has 0 aromatic heterocycles. The number of ether oxygens (including phenoxy) is 2. The lowest BCUT2D eigenvalue weighted by molar-refractivity contribution is -0.116. The van der Waals surface area contributed by atoms with Gasteiger partial charge in [-0.2, -0.15) is 0 Å². The van der Waals surface area contributed by atoms with Gasteiger partial charge in [0.2, 0.25) is 5.91 Å². The van der Waals surface area contributed by atoms with E-state index in [1.54, 1.807) is 84.9 Å². The van der Waals surface area contributed by atoms with Crippen LogP contribution in [0.2, 0.25) is 5.02 Å². The highest BCUT2D eigenvalue weighted by Crippen LogP contribution is 2.37. The largest absolute Gasteiger partial charge is 0.493 e. The zero-order valence-corrected chi connectivity index (χ0v) is 27.7. The Labute approximate surface area is 288 Å². The Morgan fingerprint density at radius 2 is 1.40 bits per heavy atom. The van der Waals surface area contributed by atoms with Gasteiger partial charge in [0.15, 0.2) is 11.5 Å². The van der Waals surface area contributed by atoms with Crippen molar-refractivity contribution >= 4 is 58.5 Å². The van der Waals surface area contributed by atoms with E-state index in [4.69, 9.17) is 21.1 Å². The number of hydrogen-bond acceptors (Lipinski definition) is 6. The molecule has 3 N–H and O–H groups in total. The zero-order chi connectivity index (χ0) is 33.9. The molecule has 1 atom stereocenters. The quantitative estimate of drug-likeness (QED) is 0.0908. The smallest absolute Gasteiger partial charge is 0.272 e. The molecule has 8 nitrogen and oxygen atoms in total. The van der Waals surface area contributed by atoms with Crippen LogP contribution in [0.1, 0.15) is 26.7 Å². The summed E-state index contributed by atoms with van der Waals surface area (Å²) in [5, 5.41) is 8.40. The van der Waals surface area contributed by atoms with Gasteiger partial charge in [-0.1, -0.05) is 84.4 Å². The minimum atomic E-state index is -0.580. The van der Waals surface area contributed by atoms with Gasteiger partial charge in [-0.25, -0.2) is 0 Å². The van der Waals surface area contributed by atoms with Crippen LogP contribution < -0.4 is 25.4 Å². The van der Waals surface area contributed by atoms with E-state index < -0.39 is 17.1 Å². The van der Waals surface area contributed by atoms with Gasteiger partial charge >= 0.3 is 0 Å². The van der Waals surface area contributed by atoms with Gasteiger partial charge in [0.1, 0.15) is 10.9 Å². The first kappa shape index (κ1) is 33.8. The van der Waals surface area contributed by atoms with E-state index in [9.17, 15) is 14.4 Å². The van der Waals surface area contributed by atoms with Crippen LogP contribution in [-0.4, -0.2) is 31.9 Å². The van der Waals surface area contributed by atoms with Crippen LogP contribution in [0.25, 0.3) is 6.08 Å². The summed E-state index contributed by atoms with van der Waals surface area (Å²) in [6, 6.07) is 37.5. The van der Waals surface area contributed by atoms with Crippen molar-refractivity contribution in [3.8, 4) is 11.5 Å². The Morgan fingerprint density at radius 1 is 0.729 bits per heavy atom. The fourth-order valence-electron chi connectivity index (χ4n) is 4.74. The molecule has 1 unspecified atom stereocenters. The average Bonchev–Trinajstić information content (AvgIpc) is 3.12. The van der Waals surface area contributed by atoms with Gasteiger partial charge in [0.05, 0.1) is 24.9 Å². The van der Waals surface area contributed by atoms with Crippen LogP contribution in [0.15, 0.2) is 138 Å². The first-order valence-corrected chi connectivity index (χ1v) is 16.1. The maximum atomic E-state index is 13.6. The molecule has 242 valence electrons. The van der Waals surface area contributed by atoms with Crippen LogP contribution in [-0.2, 0) is 9.59 Å². The minimum Gasteiger partial charge on any atom is -0.493 e. The number of carbonyl (C=O) groups is 3. The molecule has 0 saturated heterocycles. The van der Waals surface area contributed by atoms with Gasteiger partial charge in [0, 0.05) is 21.7 Å². The number of benzene rings is 5. The Hall–Kier alpha value is -5.51. The Kier molecular flexibility index (Phi) is 11.5. The second-order valence-corrected chi connectivity index (χ2v) is 11.9. The van der Waals surface area contributed by atoms with Crippen molar-refractivity contribution in [3.63, 3.8) is 0 Å². The van der Waals surface area contributed by atoms with Crippen molar-refractivity contribution in [2.75, 3.05) is 24.9 Å². The maximum Gasteiger partial charge on any atom is 0.272 e. The summed E-state index contributed by atoms with van der Waals surface area (Å²) in [4.78, 5) is 41.0. The van der Waals surface area contributed by atoms with E-state index in [1.807, 2.05) is 42.5 Å². The summed E-state index contributed by atoms with van der Waals surface area (Å²) < 4.78 is 10.9. The number of carbonyl (C=O) groups excluding carboxylic acids is 3. The number of amides is 3. The van der Waals surface area contributed by atoms with Gasteiger partial charge in [-0.05, 0) is 66.2 Å². The topological polar surface area (TPSA) is 106 Å². The van der Waals surface area contributed by atoms with E-state index in [0.29, 0.717) is 39.0 Å². The number of halogens is 1. The lowest BCUT2D eigenvalue weighted by atomic mass is 10.1. The third-order valence-corrected chi connectivity index (χ3v) is 8.70. The molecule has 0 spiro atoms. The van der Waals surface area contributed by atoms with Crippen LogP contribution in [0.4, 0.5) is 11.4 Å². The van der Waals surface area contributed by atoms with Crippen molar-refractivity contribution in [2.24, 2.45) is 0 Å². The number of para-hydroxylation sites is 2. The average molecular weight is 678 g/mol. The molecular formula is C38H32ClN3O5S. The number of thioether (sulfide) groups is 1. The fourth-order valence-corrected chi connectivity index (χ4v) is 5.94. The molecule has 0 aliphatic rings. The van der Waals surface area contributed by atoms with Gasteiger partial charge in [0.25, 0.3) is 11.8 Å². The van der Waals surface area contributed by atoms with E-state index in [2.05, 4.69) is 16.0 Å². The molecule has 10 heteroatoms. The fraction of sp³-hybridized carbons (Fsp3) is 0.0789. The summed E-state index contributed by atoms with van der Waals surface area (Å²) >= 11 is 7.66. The molecule has 0 fully saturated rings. The highest BCUT2D eigenvalue weighted by atomic mass is 35.5. The van der Waals surface area contributed by atoms with Crippen molar-refractivity contribution in [1.29, 1.82) is 0 Å². The second kappa shape index (κ2) is 16.4. The van der Waals surface area contributed by atoms with Crippen molar-refractivity contribution in [2.45, 2.75) is 10.1 Å². The first-order chi connectivity index (χ1) is 23.4. The first-order valence-electron chi connectivity index (χ1n) is 14.8. The van der Waals surface area contributed by atoms with Crippen molar-refractivity contribution < 1.29 is 23.9 Å². The van der Waals surface area contributed by atoms with E-state index in [1.165, 1.54) is 32.1 Å². The molecular weight excluding hydrogens is 646 g/mol. The maximum absolute atomic E-state index is 13.6. The molecule has 5 aromatic rings. The van der Waals surface area contributed by atoms with Gasteiger partial charge in [-0.3, -0.25) is 14.4 Å². The normalized spacial score (nSPS) is 11.6. The Balaban J connectivity index is 1.37. The van der Waals surface area contributed by atoms with Crippen molar-refractivity contribution in [3.05, 3.63) is 155 Å². The van der Waals surface area contributed by atoms with Crippen LogP contribution in [0, 0.1) is 0 Å². The number of anilines is 2. The summed E-state index contributed by atoms with van der Waals surface area (Å²) in [6.07, 6.45) is 1.53. The van der Waals surface area contributed by atoms with Crippen LogP contribution in [0.5, 0.6) is 11.5 Å². The monoisotopic (exact) mass is 677 g/mol. The van der Waals surface area contributed by atoms with E-state index in [-0.39, 0.29) is 11.6 Å². The zero-order valence-electron chi connectivity index (χ0n) is 26.1. The third-order valence-electron chi connectivity index (χ3n) is 7.10. The Morgan fingerprint density at radius 3 is 2.06 bits per heavy atom. The summed E-state index contributed by atoms with van der Waals surface area (Å²) in [7, 11) is 3.02. The third kappa shape index (κ3) is 8.64. The molecule has 0 saturated carbocycles. The van der Waals surface area contributed by atoms with Crippen molar-refractivity contribution in [1.82, 2.24) is 5.32 Å². The van der Waals surface area contributed by atoms with E-state index >= 15 is 0 Å². The lowest BCUT2D eigenvalue weighted by Crippen LogP contribution is -2.30. The summed E-state index contributed by atoms with van der Waals surface area (Å²) in [6.45, 7) is 0. The predicted octanol–water partition coefficient (Wildman–Crippen LogP) is 8.24. The standard InChI is InChI=1S/C38H32ClN3O5S/c1-46-33-19-11-16-27(34(33)47-2)24-32(42-36(43)26-14-7-4-8-15-26)37(44)40-28-20-22-29(23-21-28)48-35(25-12-5-3-6-13-25)38(45)41-31-18-10-9-17-30(31)39/h3-24,35H,1-2H3,(H,40,44)(H,41,45)(H,42,43)/b32-24-. The molecule has 0 heterocycles. The summed E-state index contributed by atoms with van der Waals surface area (Å²) in [5.74, 6) is -0.345. The SMILES string of the molecule is COc1cccc(/C=C(\NC(=O)c2ccccc2)C(=O)Nc2ccc(SC(C(=O)Nc3ccccc3Cl)c3ccccc3)cc2)c1OC. The molecule has 0 radical (unpaired) electrons. The highest BCUT2D eigenvalue weighted by molar-refractivity contribution is 8.00. The minimum absolute atomic E-state index is 0.00533. The molecule has 3 amide bonds. The Bertz CT molecular complexity index is 1920. The van der Waals surface area contributed by atoms with E-state index in [0.717, 1.165) is 10.5 Å². The number of rotatable bonds is 12. The second-order valence-electron chi connectivity index (χ2n) is 10.3. The number of nitrogens with one attached hydrogen (secondary N) is 3.